The maximum absolute atomic E-state index is 13.3. The molecule has 144 valence electrons. The molecule has 6 heteroatoms. The highest BCUT2D eigenvalue weighted by molar-refractivity contribution is 7.92. The summed E-state index contributed by atoms with van der Waals surface area (Å²) in [5, 5.41) is 0. The van der Waals surface area contributed by atoms with E-state index in [2.05, 4.69) is 0 Å². The van der Waals surface area contributed by atoms with Crippen LogP contribution < -0.4 is 9.21 Å². The molecule has 0 spiro atoms. The molecule has 3 rings (SSSR count). The molecule has 2 aromatic rings. The fourth-order valence-electron chi connectivity index (χ4n) is 3.87. The van der Waals surface area contributed by atoms with Gasteiger partial charge in [0.05, 0.1) is 11.9 Å². The summed E-state index contributed by atoms with van der Waals surface area (Å²) in [6.07, 6.45) is 2.96. The van der Waals surface area contributed by atoms with E-state index in [1.807, 2.05) is 56.3 Å². The van der Waals surface area contributed by atoms with E-state index < -0.39 is 16.1 Å². The number of rotatable bonds is 4. The van der Waals surface area contributed by atoms with Crippen LogP contribution >= 0.6 is 0 Å². The zero-order chi connectivity index (χ0) is 19.8. The van der Waals surface area contributed by atoms with Crippen LogP contribution in [0.2, 0.25) is 0 Å². The van der Waals surface area contributed by atoms with Gasteiger partial charge in [0.1, 0.15) is 6.04 Å². The number of nitrogens with zero attached hydrogens (tertiary/aromatic N) is 2. The predicted molar refractivity (Wildman–Crippen MR) is 110 cm³/mol. The minimum Gasteiger partial charge on any atom is -0.310 e. The molecule has 1 aliphatic heterocycles. The lowest BCUT2D eigenvalue weighted by molar-refractivity contribution is -0.119. The summed E-state index contributed by atoms with van der Waals surface area (Å²) >= 11 is 0. The van der Waals surface area contributed by atoms with E-state index in [9.17, 15) is 13.2 Å². The van der Waals surface area contributed by atoms with Crippen LogP contribution in [0.5, 0.6) is 0 Å². The smallest absolute Gasteiger partial charge is 0.250 e. The first kappa shape index (κ1) is 19.4. The zero-order valence-corrected chi connectivity index (χ0v) is 17.1. The monoisotopic (exact) mass is 386 g/mol. The quantitative estimate of drug-likeness (QED) is 0.809. The molecule has 0 aliphatic carbocycles. The van der Waals surface area contributed by atoms with E-state index in [1.165, 1.54) is 4.31 Å². The van der Waals surface area contributed by atoms with Crippen molar-refractivity contribution in [2.45, 2.75) is 39.7 Å². The molecule has 1 aliphatic rings. The van der Waals surface area contributed by atoms with Gasteiger partial charge >= 0.3 is 0 Å². The zero-order valence-electron chi connectivity index (χ0n) is 16.3. The van der Waals surface area contributed by atoms with Gasteiger partial charge in [-0.25, -0.2) is 8.42 Å². The van der Waals surface area contributed by atoms with Crippen molar-refractivity contribution in [1.82, 2.24) is 0 Å². The number of benzene rings is 2. The van der Waals surface area contributed by atoms with Crippen molar-refractivity contribution in [2.75, 3.05) is 22.0 Å². The minimum absolute atomic E-state index is 0.202. The second kappa shape index (κ2) is 7.35. The highest BCUT2D eigenvalue weighted by Crippen LogP contribution is 2.30. The number of hydrogen-bond donors (Lipinski definition) is 0. The summed E-state index contributed by atoms with van der Waals surface area (Å²) in [5.74, 6) is -0.202. The molecular weight excluding hydrogens is 360 g/mol. The molecule has 27 heavy (non-hydrogen) atoms. The summed E-state index contributed by atoms with van der Waals surface area (Å²) < 4.78 is 26.4. The lowest BCUT2D eigenvalue weighted by Gasteiger charge is -2.35. The number of sulfonamides is 1. The Morgan fingerprint density at radius 3 is 2.37 bits per heavy atom. The highest BCUT2D eigenvalue weighted by Gasteiger charge is 2.34. The third kappa shape index (κ3) is 4.00. The third-order valence-electron chi connectivity index (χ3n) is 4.90. The Balaban J connectivity index is 2.00. The molecule has 0 bridgehead atoms. The Hall–Kier alpha value is -2.34. The van der Waals surface area contributed by atoms with Crippen LogP contribution in [0, 0.1) is 13.8 Å². The number of carbonyl (C=O) groups is 1. The van der Waals surface area contributed by atoms with Gasteiger partial charge in [-0.15, -0.1) is 0 Å². The Bertz CT molecular complexity index is 949. The van der Waals surface area contributed by atoms with Crippen LogP contribution in [0.3, 0.4) is 0 Å². The first-order valence-corrected chi connectivity index (χ1v) is 11.0. The summed E-state index contributed by atoms with van der Waals surface area (Å²) in [6, 6.07) is 12.6. The number of para-hydroxylation sites is 1. The number of hydrogen-bond acceptors (Lipinski definition) is 3. The maximum atomic E-state index is 13.3. The number of fused-ring (bicyclic) bond motifs is 1. The number of aryl methyl sites for hydroxylation is 3. The van der Waals surface area contributed by atoms with Crippen LogP contribution in [0.1, 0.15) is 30.0 Å². The summed E-state index contributed by atoms with van der Waals surface area (Å²) in [6.45, 7) is 6.11. The summed E-state index contributed by atoms with van der Waals surface area (Å²) in [5.41, 5.74) is 4.46. The fourth-order valence-corrected chi connectivity index (χ4v) is 5.02. The van der Waals surface area contributed by atoms with E-state index in [1.54, 1.807) is 11.8 Å². The van der Waals surface area contributed by atoms with Crippen LogP contribution in [-0.4, -0.2) is 33.2 Å². The van der Waals surface area contributed by atoms with Gasteiger partial charge in [0, 0.05) is 12.2 Å². The second-order valence-electron chi connectivity index (χ2n) is 7.30. The molecule has 0 aromatic heterocycles. The molecule has 0 N–H and O–H groups in total. The number of carbonyl (C=O) groups excluding carboxylic acids is 1. The Morgan fingerprint density at radius 1 is 1.11 bits per heavy atom. The topological polar surface area (TPSA) is 57.7 Å². The van der Waals surface area contributed by atoms with Crippen molar-refractivity contribution in [1.29, 1.82) is 0 Å². The van der Waals surface area contributed by atoms with Crippen molar-refractivity contribution in [3.63, 3.8) is 0 Å². The van der Waals surface area contributed by atoms with Crippen molar-refractivity contribution in [3.8, 4) is 0 Å². The van der Waals surface area contributed by atoms with Gasteiger partial charge in [-0.2, -0.15) is 0 Å². The van der Waals surface area contributed by atoms with Crippen LogP contribution in [-0.2, 0) is 21.2 Å². The van der Waals surface area contributed by atoms with E-state index >= 15 is 0 Å². The van der Waals surface area contributed by atoms with Gasteiger partial charge in [0.25, 0.3) is 5.91 Å². The van der Waals surface area contributed by atoms with Gasteiger partial charge < -0.3 is 4.90 Å². The van der Waals surface area contributed by atoms with E-state index in [0.29, 0.717) is 12.2 Å². The number of anilines is 2. The molecule has 0 saturated carbocycles. The van der Waals surface area contributed by atoms with Crippen LogP contribution in [0.15, 0.2) is 42.5 Å². The fraction of sp³-hybridized carbons (Fsp3) is 0.381. The Labute approximate surface area is 161 Å². The van der Waals surface area contributed by atoms with E-state index in [0.717, 1.165) is 41.5 Å². The lowest BCUT2D eigenvalue weighted by atomic mass is 10.0. The van der Waals surface area contributed by atoms with Crippen molar-refractivity contribution >= 4 is 27.3 Å². The lowest BCUT2D eigenvalue weighted by Crippen LogP contribution is -2.50. The Morgan fingerprint density at radius 2 is 1.74 bits per heavy atom. The molecule has 1 amide bonds. The number of amides is 1. The average Bonchev–Trinajstić information content (AvgIpc) is 2.58. The maximum Gasteiger partial charge on any atom is 0.250 e. The molecule has 1 atom stereocenters. The normalized spacial score (nSPS) is 15.2. The SMILES string of the molecule is Cc1cc(C)cc(N([C@@H](C)C(=O)N2CCCc3ccccc32)S(C)(=O)=O)c1. The van der Waals surface area contributed by atoms with Crippen molar-refractivity contribution < 1.29 is 13.2 Å². The molecule has 0 radical (unpaired) electrons. The van der Waals surface area contributed by atoms with Gasteiger partial charge in [-0.3, -0.25) is 9.10 Å². The standard InChI is InChI=1S/C21H26N2O3S/c1-15-12-16(2)14-19(13-15)23(27(4,25)26)17(3)21(24)22-11-7-9-18-8-5-6-10-20(18)22/h5-6,8,10,12-14,17H,7,9,11H2,1-4H3/t17-/m0/s1. The van der Waals surface area contributed by atoms with Crippen LogP contribution in [0.4, 0.5) is 11.4 Å². The molecule has 2 aromatic carbocycles. The van der Waals surface area contributed by atoms with Gasteiger partial charge in [0.2, 0.25) is 10.0 Å². The minimum atomic E-state index is -3.63. The third-order valence-corrected chi connectivity index (χ3v) is 6.15. The highest BCUT2D eigenvalue weighted by atomic mass is 32.2. The van der Waals surface area contributed by atoms with E-state index in [4.69, 9.17) is 0 Å². The van der Waals surface area contributed by atoms with Gasteiger partial charge in [-0.1, -0.05) is 24.3 Å². The molecular formula is C21H26N2O3S. The summed E-state index contributed by atoms with van der Waals surface area (Å²) in [7, 11) is -3.63. The average molecular weight is 387 g/mol. The largest absolute Gasteiger partial charge is 0.310 e. The molecule has 0 unspecified atom stereocenters. The van der Waals surface area contributed by atoms with Crippen molar-refractivity contribution in [3.05, 3.63) is 59.2 Å². The molecule has 0 fully saturated rings. The first-order valence-electron chi connectivity index (χ1n) is 9.15. The van der Waals surface area contributed by atoms with E-state index in [-0.39, 0.29) is 5.91 Å². The van der Waals surface area contributed by atoms with Gasteiger partial charge in [-0.05, 0) is 68.5 Å². The first-order chi connectivity index (χ1) is 12.7. The molecule has 5 nitrogen and oxygen atoms in total. The van der Waals surface area contributed by atoms with Gasteiger partial charge in [0.15, 0.2) is 0 Å². The van der Waals surface area contributed by atoms with Crippen molar-refractivity contribution in [2.24, 2.45) is 0 Å². The second-order valence-corrected chi connectivity index (χ2v) is 9.16. The van der Waals surface area contributed by atoms with Crippen LogP contribution in [0.25, 0.3) is 0 Å². The molecule has 1 heterocycles. The Kier molecular flexibility index (Phi) is 5.29. The summed E-state index contributed by atoms with van der Waals surface area (Å²) in [4.78, 5) is 15.0. The predicted octanol–water partition coefficient (Wildman–Crippen LogP) is 3.44. The molecule has 0 saturated heterocycles.